The van der Waals surface area contributed by atoms with Gasteiger partial charge in [0, 0.05) is 38.8 Å². The van der Waals surface area contributed by atoms with Gasteiger partial charge in [-0.3, -0.25) is 9.88 Å². The standard InChI is InChI=1S/C17H30N4/c1-14(2)10-18-11-16-6-5-7-17(19-16)13-21-9-8-20(4)15(3)12-21/h5-7,14-15,18H,8-13H2,1-4H3. The lowest BCUT2D eigenvalue weighted by Gasteiger charge is -2.37. The van der Waals surface area contributed by atoms with E-state index in [-0.39, 0.29) is 0 Å². The minimum absolute atomic E-state index is 0.634. The quantitative estimate of drug-likeness (QED) is 0.868. The van der Waals surface area contributed by atoms with E-state index in [0.29, 0.717) is 12.0 Å². The van der Waals surface area contributed by atoms with Gasteiger partial charge in [-0.15, -0.1) is 0 Å². The van der Waals surface area contributed by atoms with Crippen LogP contribution in [0.4, 0.5) is 0 Å². The summed E-state index contributed by atoms with van der Waals surface area (Å²) in [5, 5.41) is 3.46. The topological polar surface area (TPSA) is 31.4 Å². The zero-order chi connectivity index (χ0) is 15.2. The van der Waals surface area contributed by atoms with Crippen molar-refractivity contribution in [3.05, 3.63) is 29.6 Å². The molecule has 2 rings (SSSR count). The van der Waals surface area contributed by atoms with Gasteiger partial charge in [-0.1, -0.05) is 19.9 Å². The summed E-state index contributed by atoms with van der Waals surface area (Å²) in [6, 6.07) is 7.03. The maximum atomic E-state index is 4.79. The van der Waals surface area contributed by atoms with Crippen molar-refractivity contribution in [3.8, 4) is 0 Å². The Bertz CT molecular complexity index is 433. The zero-order valence-electron chi connectivity index (χ0n) is 14.0. The van der Waals surface area contributed by atoms with Crippen LogP contribution >= 0.6 is 0 Å². The van der Waals surface area contributed by atoms with Crippen molar-refractivity contribution >= 4 is 0 Å². The van der Waals surface area contributed by atoms with E-state index < -0.39 is 0 Å². The molecule has 1 aromatic heterocycles. The number of likely N-dealkylation sites (N-methyl/N-ethyl adjacent to an activating group) is 1. The highest BCUT2D eigenvalue weighted by atomic mass is 15.3. The normalized spacial score (nSPS) is 21.1. The molecule has 4 heteroatoms. The molecular weight excluding hydrogens is 260 g/mol. The minimum atomic E-state index is 0.634. The van der Waals surface area contributed by atoms with Crippen molar-refractivity contribution in [1.82, 2.24) is 20.1 Å². The molecule has 0 bridgehead atoms. The molecule has 1 N–H and O–H groups in total. The highest BCUT2D eigenvalue weighted by molar-refractivity contribution is 5.11. The number of hydrogen-bond acceptors (Lipinski definition) is 4. The Balaban J connectivity index is 1.86. The Morgan fingerprint density at radius 1 is 1.29 bits per heavy atom. The third-order valence-corrected chi connectivity index (χ3v) is 4.15. The van der Waals surface area contributed by atoms with E-state index in [1.54, 1.807) is 0 Å². The summed E-state index contributed by atoms with van der Waals surface area (Å²) in [4.78, 5) is 9.73. The lowest BCUT2D eigenvalue weighted by atomic mass is 10.2. The highest BCUT2D eigenvalue weighted by Gasteiger charge is 2.20. The number of pyridine rings is 1. The van der Waals surface area contributed by atoms with Gasteiger partial charge in [-0.05, 0) is 38.6 Å². The smallest absolute Gasteiger partial charge is 0.0547 e. The second-order valence-electron chi connectivity index (χ2n) is 6.71. The predicted octanol–water partition coefficient (Wildman–Crippen LogP) is 1.96. The third-order valence-electron chi connectivity index (χ3n) is 4.15. The van der Waals surface area contributed by atoms with Gasteiger partial charge in [0.05, 0.1) is 11.4 Å². The Labute approximate surface area is 129 Å². The average Bonchev–Trinajstić information content (AvgIpc) is 2.43. The van der Waals surface area contributed by atoms with Crippen LogP contribution in [0.2, 0.25) is 0 Å². The fraction of sp³-hybridized carbons (Fsp3) is 0.706. The second-order valence-corrected chi connectivity index (χ2v) is 6.71. The molecule has 0 spiro atoms. The molecule has 0 aromatic carbocycles. The number of piperazine rings is 1. The van der Waals surface area contributed by atoms with E-state index in [4.69, 9.17) is 4.98 Å². The van der Waals surface area contributed by atoms with Gasteiger partial charge in [0.2, 0.25) is 0 Å². The van der Waals surface area contributed by atoms with E-state index in [1.807, 2.05) is 0 Å². The monoisotopic (exact) mass is 290 g/mol. The number of aromatic nitrogens is 1. The van der Waals surface area contributed by atoms with Crippen molar-refractivity contribution in [2.24, 2.45) is 5.92 Å². The SMILES string of the molecule is CC(C)CNCc1cccc(CN2CCN(C)C(C)C2)n1. The lowest BCUT2D eigenvalue weighted by Crippen LogP contribution is -2.49. The Hall–Kier alpha value is -0.970. The van der Waals surface area contributed by atoms with Gasteiger partial charge in [-0.25, -0.2) is 0 Å². The van der Waals surface area contributed by atoms with Crippen LogP contribution in [-0.2, 0) is 13.1 Å². The first kappa shape index (κ1) is 16.4. The van der Waals surface area contributed by atoms with Crippen LogP contribution in [0, 0.1) is 5.92 Å². The highest BCUT2D eigenvalue weighted by Crippen LogP contribution is 2.11. The summed E-state index contributed by atoms with van der Waals surface area (Å²) in [5.41, 5.74) is 2.34. The number of nitrogens with one attached hydrogen (secondary N) is 1. The molecule has 0 amide bonds. The van der Waals surface area contributed by atoms with E-state index >= 15 is 0 Å². The Kier molecular flexibility index (Phi) is 6.15. The Morgan fingerprint density at radius 2 is 2.05 bits per heavy atom. The Morgan fingerprint density at radius 3 is 2.76 bits per heavy atom. The van der Waals surface area contributed by atoms with Gasteiger partial charge < -0.3 is 10.2 Å². The van der Waals surface area contributed by atoms with Gasteiger partial charge >= 0.3 is 0 Å². The van der Waals surface area contributed by atoms with Crippen LogP contribution in [0.1, 0.15) is 32.2 Å². The van der Waals surface area contributed by atoms with Crippen molar-refractivity contribution < 1.29 is 0 Å². The number of rotatable bonds is 6. The van der Waals surface area contributed by atoms with Crippen molar-refractivity contribution in [2.45, 2.75) is 39.9 Å². The molecule has 1 fully saturated rings. The second kappa shape index (κ2) is 7.87. The fourth-order valence-electron chi connectivity index (χ4n) is 2.70. The van der Waals surface area contributed by atoms with Crippen LogP contribution in [0.3, 0.4) is 0 Å². The third kappa shape index (κ3) is 5.38. The maximum absolute atomic E-state index is 4.79. The lowest BCUT2D eigenvalue weighted by molar-refractivity contribution is 0.0990. The molecule has 4 nitrogen and oxygen atoms in total. The van der Waals surface area contributed by atoms with Crippen LogP contribution < -0.4 is 5.32 Å². The van der Waals surface area contributed by atoms with E-state index in [9.17, 15) is 0 Å². The molecule has 0 radical (unpaired) electrons. The molecule has 2 heterocycles. The minimum Gasteiger partial charge on any atom is -0.311 e. The molecule has 21 heavy (non-hydrogen) atoms. The van der Waals surface area contributed by atoms with Gasteiger partial charge in [-0.2, -0.15) is 0 Å². The van der Waals surface area contributed by atoms with Crippen LogP contribution in [0.15, 0.2) is 18.2 Å². The predicted molar refractivity (Wildman–Crippen MR) is 88.2 cm³/mol. The molecule has 1 unspecified atom stereocenters. The molecule has 118 valence electrons. The maximum Gasteiger partial charge on any atom is 0.0547 e. The molecule has 1 aromatic rings. The van der Waals surface area contributed by atoms with Crippen LogP contribution in [0.25, 0.3) is 0 Å². The first-order chi connectivity index (χ1) is 10.0. The largest absolute Gasteiger partial charge is 0.311 e. The molecule has 1 atom stereocenters. The summed E-state index contributed by atoms with van der Waals surface area (Å²) >= 11 is 0. The van der Waals surface area contributed by atoms with Crippen molar-refractivity contribution in [1.29, 1.82) is 0 Å². The molecule has 1 aliphatic rings. The van der Waals surface area contributed by atoms with Crippen molar-refractivity contribution in [2.75, 3.05) is 33.2 Å². The van der Waals surface area contributed by atoms with E-state index in [1.165, 1.54) is 5.69 Å². The summed E-state index contributed by atoms with van der Waals surface area (Å²) in [6.07, 6.45) is 0. The first-order valence-corrected chi connectivity index (χ1v) is 8.12. The fourth-order valence-corrected chi connectivity index (χ4v) is 2.70. The van der Waals surface area contributed by atoms with E-state index in [0.717, 1.165) is 45.0 Å². The van der Waals surface area contributed by atoms with Crippen LogP contribution in [0.5, 0.6) is 0 Å². The zero-order valence-corrected chi connectivity index (χ0v) is 14.0. The summed E-state index contributed by atoms with van der Waals surface area (Å²) in [6.45, 7) is 13.1. The summed E-state index contributed by atoms with van der Waals surface area (Å²) < 4.78 is 0. The molecular formula is C17H30N4. The number of hydrogen-bond donors (Lipinski definition) is 1. The molecule has 0 aliphatic carbocycles. The van der Waals surface area contributed by atoms with Gasteiger partial charge in [0.25, 0.3) is 0 Å². The molecule has 1 saturated heterocycles. The van der Waals surface area contributed by atoms with Gasteiger partial charge in [0.15, 0.2) is 0 Å². The summed E-state index contributed by atoms with van der Waals surface area (Å²) in [5.74, 6) is 0.681. The van der Waals surface area contributed by atoms with Gasteiger partial charge in [0.1, 0.15) is 0 Å². The number of nitrogens with zero attached hydrogens (tertiary/aromatic N) is 3. The average molecular weight is 290 g/mol. The van der Waals surface area contributed by atoms with E-state index in [2.05, 4.69) is 61.1 Å². The first-order valence-electron chi connectivity index (χ1n) is 8.12. The van der Waals surface area contributed by atoms with Crippen molar-refractivity contribution in [3.63, 3.8) is 0 Å². The van der Waals surface area contributed by atoms with Crippen LogP contribution in [-0.4, -0.2) is 54.1 Å². The molecule has 0 saturated carbocycles. The summed E-state index contributed by atoms with van der Waals surface area (Å²) in [7, 11) is 2.21. The molecule has 1 aliphatic heterocycles.